The average molecular weight is 264 g/mol. The molecule has 0 atom stereocenters. The maximum absolute atomic E-state index is 12.2. The van der Waals surface area contributed by atoms with Gasteiger partial charge in [-0.3, -0.25) is 9.69 Å². The minimum Gasteiger partial charge on any atom is -0.336 e. The molecule has 1 aliphatic rings. The lowest BCUT2D eigenvalue weighted by Gasteiger charge is -2.33. The minimum absolute atomic E-state index is 0.000440. The molecule has 0 unspecified atom stereocenters. The maximum Gasteiger partial charge on any atom is 0.255 e. The first-order chi connectivity index (χ1) is 8.70. The lowest BCUT2D eigenvalue weighted by molar-refractivity contribution is 0.0652. The van der Waals surface area contributed by atoms with Crippen molar-refractivity contribution in [2.24, 2.45) is 0 Å². The number of nitrogens with zero attached hydrogens (tertiary/aromatic N) is 3. The maximum atomic E-state index is 12.2. The summed E-state index contributed by atoms with van der Waals surface area (Å²) < 4.78 is 0. The van der Waals surface area contributed by atoms with Crippen LogP contribution in [0.2, 0.25) is 5.15 Å². The molecule has 0 radical (unpaired) electrons. The van der Waals surface area contributed by atoms with Gasteiger partial charge in [0, 0.05) is 32.4 Å². The molecular formula is C13H14ClN3O. The predicted molar refractivity (Wildman–Crippen MR) is 70.4 cm³/mol. The van der Waals surface area contributed by atoms with Crippen molar-refractivity contribution in [3.63, 3.8) is 0 Å². The van der Waals surface area contributed by atoms with Crippen molar-refractivity contribution in [1.82, 2.24) is 14.8 Å². The summed E-state index contributed by atoms with van der Waals surface area (Å²) in [7, 11) is 0. The molecular weight excluding hydrogens is 250 g/mol. The Balaban J connectivity index is 1.95. The third kappa shape index (κ3) is 3.00. The summed E-state index contributed by atoms with van der Waals surface area (Å²) in [5.74, 6) is 2.62. The van der Waals surface area contributed by atoms with Crippen LogP contribution in [0.1, 0.15) is 10.4 Å². The van der Waals surface area contributed by atoms with E-state index in [4.69, 9.17) is 18.0 Å². The van der Waals surface area contributed by atoms with E-state index in [0.29, 0.717) is 30.4 Å². The van der Waals surface area contributed by atoms with Gasteiger partial charge in [-0.25, -0.2) is 4.98 Å². The van der Waals surface area contributed by atoms with Gasteiger partial charge in [0.05, 0.1) is 12.1 Å². The first-order valence-corrected chi connectivity index (χ1v) is 6.15. The van der Waals surface area contributed by atoms with Crippen LogP contribution in [-0.2, 0) is 0 Å². The van der Waals surface area contributed by atoms with E-state index in [2.05, 4.69) is 15.8 Å². The van der Waals surface area contributed by atoms with Gasteiger partial charge in [0.2, 0.25) is 0 Å². The number of hydrogen-bond acceptors (Lipinski definition) is 3. The Hall–Kier alpha value is -1.57. The van der Waals surface area contributed by atoms with Gasteiger partial charge in [-0.05, 0) is 12.1 Å². The molecule has 0 aromatic carbocycles. The monoisotopic (exact) mass is 263 g/mol. The predicted octanol–water partition coefficient (Wildman–Crippen LogP) is 1.13. The molecule has 5 heteroatoms. The lowest BCUT2D eigenvalue weighted by Crippen LogP contribution is -2.48. The fraction of sp³-hybridized carbons (Fsp3) is 0.385. The molecule has 1 aliphatic heterocycles. The highest BCUT2D eigenvalue weighted by Crippen LogP contribution is 2.10. The summed E-state index contributed by atoms with van der Waals surface area (Å²) in [6.07, 6.45) is 6.78. The van der Waals surface area contributed by atoms with Crippen LogP contribution in [0.5, 0.6) is 0 Å². The van der Waals surface area contributed by atoms with Crippen molar-refractivity contribution in [2.45, 2.75) is 0 Å². The standard InChI is InChI=1S/C13H14ClN3O/c1-2-5-16-6-8-17(9-7-16)13(18)11-3-4-12(14)15-10-11/h1,3-4,10H,5-9H2. The van der Waals surface area contributed by atoms with Crippen LogP contribution in [0.25, 0.3) is 0 Å². The number of aromatic nitrogens is 1. The molecule has 0 spiro atoms. The molecule has 0 saturated carbocycles. The van der Waals surface area contributed by atoms with Crippen molar-refractivity contribution in [2.75, 3.05) is 32.7 Å². The molecule has 0 bridgehead atoms. The Kier molecular flexibility index (Phi) is 4.19. The van der Waals surface area contributed by atoms with Crippen LogP contribution in [0.4, 0.5) is 0 Å². The van der Waals surface area contributed by atoms with E-state index in [1.807, 2.05) is 4.90 Å². The number of halogens is 1. The lowest BCUT2D eigenvalue weighted by atomic mass is 10.2. The Morgan fingerprint density at radius 2 is 2.11 bits per heavy atom. The van der Waals surface area contributed by atoms with Gasteiger partial charge in [0.15, 0.2) is 0 Å². The van der Waals surface area contributed by atoms with Crippen LogP contribution in [-0.4, -0.2) is 53.4 Å². The molecule has 2 heterocycles. The molecule has 1 fully saturated rings. The zero-order chi connectivity index (χ0) is 13.0. The van der Waals surface area contributed by atoms with E-state index in [0.717, 1.165) is 13.1 Å². The number of pyridine rings is 1. The van der Waals surface area contributed by atoms with Crippen molar-refractivity contribution >= 4 is 17.5 Å². The summed E-state index contributed by atoms with van der Waals surface area (Å²) in [5.41, 5.74) is 0.574. The number of piperazine rings is 1. The molecule has 18 heavy (non-hydrogen) atoms. The third-order valence-corrected chi connectivity index (χ3v) is 3.17. The zero-order valence-corrected chi connectivity index (χ0v) is 10.7. The third-order valence-electron chi connectivity index (χ3n) is 2.95. The molecule has 1 aromatic rings. The SMILES string of the molecule is C#CCN1CCN(C(=O)c2ccc(Cl)nc2)CC1. The van der Waals surface area contributed by atoms with E-state index in [1.54, 1.807) is 12.1 Å². The summed E-state index contributed by atoms with van der Waals surface area (Å²) in [5, 5.41) is 0.394. The van der Waals surface area contributed by atoms with Gasteiger partial charge in [0.1, 0.15) is 5.15 Å². The summed E-state index contributed by atoms with van der Waals surface area (Å²) in [6.45, 7) is 3.67. The van der Waals surface area contributed by atoms with Crippen molar-refractivity contribution < 1.29 is 4.79 Å². The Morgan fingerprint density at radius 3 is 2.67 bits per heavy atom. The summed E-state index contributed by atoms with van der Waals surface area (Å²) >= 11 is 5.69. The normalized spacial score (nSPS) is 16.3. The van der Waals surface area contributed by atoms with Gasteiger partial charge >= 0.3 is 0 Å². The van der Waals surface area contributed by atoms with Crippen molar-refractivity contribution in [1.29, 1.82) is 0 Å². The highest BCUT2D eigenvalue weighted by molar-refractivity contribution is 6.29. The fourth-order valence-corrected chi connectivity index (χ4v) is 2.03. The topological polar surface area (TPSA) is 36.4 Å². The molecule has 94 valence electrons. The second-order valence-corrected chi connectivity index (χ2v) is 4.53. The first kappa shape index (κ1) is 12.9. The Labute approximate surface area is 112 Å². The number of amides is 1. The second-order valence-electron chi connectivity index (χ2n) is 4.14. The highest BCUT2D eigenvalue weighted by Gasteiger charge is 2.21. The minimum atomic E-state index is -0.000440. The van der Waals surface area contributed by atoms with E-state index in [9.17, 15) is 4.79 Å². The van der Waals surface area contributed by atoms with Crippen LogP contribution in [0.15, 0.2) is 18.3 Å². The quantitative estimate of drug-likeness (QED) is 0.593. The molecule has 0 N–H and O–H groups in total. The van der Waals surface area contributed by atoms with Gasteiger partial charge in [0.25, 0.3) is 5.91 Å². The Bertz CT molecular complexity index is 458. The Morgan fingerprint density at radius 1 is 1.39 bits per heavy atom. The van der Waals surface area contributed by atoms with Crippen LogP contribution >= 0.6 is 11.6 Å². The van der Waals surface area contributed by atoms with Gasteiger partial charge in [-0.15, -0.1) is 6.42 Å². The number of hydrogen-bond donors (Lipinski definition) is 0. The largest absolute Gasteiger partial charge is 0.336 e. The number of terminal acetylenes is 1. The van der Waals surface area contributed by atoms with Crippen molar-refractivity contribution in [3.8, 4) is 12.3 Å². The number of carbonyl (C=O) groups is 1. The second kappa shape index (κ2) is 5.85. The zero-order valence-electron chi connectivity index (χ0n) is 9.97. The molecule has 1 saturated heterocycles. The van der Waals surface area contributed by atoms with E-state index < -0.39 is 0 Å². The molecule has 0 aliphatic carbocycles. The molecule has 4 nitrogen and oxygen atoms in total. The summed E-state index contributed by atoms with van der Waals surface area (Å²) in [6, 6.07) is 3.33. The fourth-order valence-electron chi connectivity index (χ4n) is 1.92. The van der Waals surface area contributed by atoms with Gasteiger partial charge in [-0.1, -0.05) is 17.5 Å². The van der Waals surface area contributed by atoms with E-state index >= 15 is 0 Å². The van der Waals surface area contributed by atoms with Crippen LogP contribution in [0, 0.1) is 12.3 Å². The van der Waals surface area contributed by atoms with E-state index in [-0.39, 0.29) is 5.91 Å². The van der Waals surface area contributed by atoms with Gasteiger partial charge < -0.3 is 4.90 Å². The van der Waals surface area contributed by atoms with Gasteiger partial charge in [-0.2, -0.15) is 0 Å². The molecule has 1 aromatic heterocycles. The molecule has 1 amide bonds. The molecule has 2 rings (SSSR count). The van der Waals surface area contributed by atoms with Crippen molar-refractivity contribution in [3.05, 3.63) is 29.0 Å². The van der Waals surface area contributed by atoms with E-state index in [1.165, 1.54) is 6.20 Å². The summed E-state index contributed by atoms with van der Waals surface area (Å²) in [4.78, 5) is 20.1. The first-order valence-electron chi connectivity index (χ1n) is 5.77. The van der Waals surface area contributed by atoms with Crippen LogP contribution < -0.4 is 0 Å². The smallest absolute Gasteiger partial charge is 0.255 e. The van der Waals surface area contributed by atoms with Crippen LogP contribution in [0.3, 0.4) is 0 Å². The highest BCUT2D eigenvalue weighted by atomic mass is 35.5. The number of rotatable bonds is 2. The average Bonchev–Trinajstić information content (AvgIpc) is 2.40. The number of carbonyl (C=O) groups excluding carboxylic acids is 1.